The summed E-state index contributed by atoms with van der Waals surface area (Å²) in [5.74, 6) is 0.918. The van der Waals surface area contributed by atoms with Gasteiger partial charge >= 0.3 is 0 Å². The van der Waals surface area contributed by atoms with Crippen molar-refractivity contribution in [3.8, 4) is 5.75 Å². The number of hydrogen-bond acceptors (Lipinski definition) is 3. The number of nitrogens with zero attached hydrogens (tertiary/aromatic N) is 1. The van der Waals surface area contributed by atoms with Gasteiger partial charge in [-0.15, -0.1) is 0 Å². The molecule has 0 aliphatic heterocycles. The topological polar surface area (TPSA) is 34.1 Å². The smallest absolute Gasteiger partial charge is 0.125 e. The van der Waals surface area contributed by atoms with Crippen molar-refractivity contribution in [3.05, 3.63) is 59.9 Å². The normalized spacial score (nSPS) is 11.4. The van der Waals surface area contributed by atoms with Gasteiger partial charge in [-0.1, -0.05) is 44.2 Å². The first kappa shape index (κ1) is 15.5. The number of ether oxygens (including phenoxy) is 1. The van der Waals surface area contributed by atoms with Crippen LogP contribution in [0.15, 0.2) is 48.8 Å². The van der Waals surface area contributed by atoms with Gasteiger partial charge < -0.3 is 10.1 Å². The summed E-state index contributed by atoms with van der Waals surface area (Å²) < 4.78 is 5.92. The summed E-state index contributed by atoms with van der Waals surface area (Å²) in [6.07, 6.45) is 3.60. The van der Waals surface area contributed by atoms with Crippen molar-refractivity contribution in [3.63, 3.8) is 0 Å². The van der Waals surface area contributed by atoms with E-state index >= 15 is 0 Å². The average molecular weight is 284 g/mol. The number of benzene rings is 1. The molecule has 0 spiro atoms. The summed E-state index contributed by atoms with van der Waals surface area (Å²) in [5, 5.41) is 3.50. The lowest BCUT2D eigenvalue weighted by Gasteiger charge is -2.25. The van der Waals surface area contributed by atoms with E-state index in [9.17, 15) is 0 Å². The van der Waals surface area contributed by atoms with Gasteiger partial charge in [0.1, 0.15) is 5.75 Å². The molecule has 0 unspecified atom stereocenters. The Hall–Kier alpha value is -1.87. The molecule has 0 aliphatic carbocycles. The summed E-state index contributed by atoms with van der Waals surface area (Å²) in [4.78, 5) is 4.08. The van der Waals surface area contributed by atoms with Crippen molar-refractivity contribution in [1.82, 2.24) is 10.3 Å². The molecule has 2 rings (SSSR count). The number of hydrogen-bond donors (Lipinski definition) is 1. The lowest BCUT2D eigenvalue weighted by molar-refractivity contribution is 0.175. The van der Waals surface area contributed by atoms with Crippen LogP contribution in [0.1, 0.15) is 25.0 Å². The predicted octanol–water partition coefficient (Wildman–Crippen LogP) is 3.58. The summed E-state index contributed by atoms with van der Waals surface area (Å²) >= 11 is 0. The fourth-order valence-corrected chi connectivity index (χ4v) is 2.09. The van der Waals surface area contributed by atoms with Gasteiger partial charge in [0, 0.05) is 36.5 Å². The second kappa shape index (κ2) is 7.23. The maximum atomic E-state index is 5.92. The number of rotatable bonds is 7. The molecule has 2 aromatic rings. The van der Waals surface area contributed by atoms with E-state index in [0.29, 0.717) is 6.61 Å². The molecule has 3 heteroatoms. The molecule has 0 amide bonds. The van der Waals surface area contributed by atoms with E-state index in [4.69, 9.17) is 4.74 Å². The number of nitrogens with one attached hydrogen (secondary N) is 1. The van der Waals surface area contributed by atoms with Crippen LogP contribution in [0.4, 0.5) is 0 Å². The van der Waals surface area contributed by atoms with E-state index in [1.807, 2.05) is 25.3 Å². The Labute approximate surface area is 127 Å². The third-order valence-electron chi connectivity index (χ3n) is 3.36. The van der Waals surface area contributed by atoms with Crippen molar-refractivity contribution in [2.75, 3.05) is 13.2 Å². The van der Waals surface area contributed by atoms with E-state index in [2.05, 4.69) is 48.4 Å². The van der Waals surface area contributed by atoms with E-state index < -0.39 is 0 Å². The summed E-state index contributed by atoms with van der Waals surface area (Å²) in [6.45, 7) is 8.91. The van der Waals surface area contributed by atoms with Crippen LogP contribution in [0.3, 0.4) is 0 Å². The fourth-order valence-electron chi connectivity index (χ4n) is 2.09. The highest BCUT2D eigenvalue weighted by Gasteiger charge is 2.19. The van der Waals surface area contributed by atoms with E-state index in [-0.39, 0.29) is 5.41 Å². The first-order valence-electron chi connectivity index (χ1n) is 7.35. The van der Waals surface area contributed by atoms with Gasteiger partial charge in [-0.3, -0.25) is 4.98 Å². The Morgan fingerprint density at radius 2 is 1.90 bits per heavy atom. The molecule has 3 nitrogen and oxygen atoms in total. The molecular formula is C18H24N2O. The van der Waals surface area contributed by atoms with Gasteiger partial charge in [0.15, 0.2) is 0 Å². The summed E-state index contributed by atoms with van der Waals surface area (Å²) in [7, 11) is 0. The Balaban J connectivity index is 1.78. The minimum atomic E-state index is 0.0739. The Morgan fingerprint density at radius 1 is 1.14 bits per heavy atom. The number of aromatic nitrogens is 1. The van der Waals surface area contributed by atoms with Crippen LogP contribution in [0, 0.1) is 12.3 Å². The van der Waals surface area contributed by atoms with E-state index in [1.54, 1.807) is 6.20 Å². The zero-order chi connectivity index (χ0) is 15.1. The zero-order valence-electron chi connectivity index (χ0n) is 13.1. The highest BCUT2D eigenvalue weighted by atomic mass is 16.5. The van der Waals surface area contributed by atoms with Crippen molar-refractivity contribution >= 4 is 0 Å². The molecule has 1 aromatic carbocycles. The van der Waals surface area contributed by atoms with Crippen LogP contribution in [0.5, 0.6) is 5.75 Å². The number of pyridine rings is 1. The van der Waals surface area contributed by atoms with E-state index in [0.717, 1.165) is 24.4 Å². The van der Waals surface area contributed by atoms with Crippen molar-refractivity contribution in [2.24, 2.45) is 5.41 Å². The molecule has 1 heterocycles. The van der Waals surface area contributed by atoms with Crippen LogP contribution in [-0.4, -0.2) is 18.1 Å². The zero-order valence-corrected chi connectivity index (χ0v) is 13.1. The lowest BCUT2D eigenvalue weighted by Crippen LogP contribution is -2.34. The molecule has 0 bridgehead atoms. The largest absolute Gasteiger partial charge is 0.493 e. The van der Waals surface area contributed by atoms with Crippen LogP contribution in [0.2, 0.25) is 0 Å². The lowest BCUT2D eigenvalue weighted by atomic mass is 9.94. The molecule has 0 radical (unpaired) electrons. The Bertz CT molecular complexity index is 552. The first-order valence-corrected chi connectivity index (χ1v) is 7.35. The van der Waals surface area contributed by atoms with Crippen LogP contribution in [0.25, 0.3) is 0 Å². The van der Waals surface area contributed by atoms with Gasteiger partial charge in [-0.25, -0.2) is 0 Å². The van der Waals surface area contributed by atoms with Crippen molar-refractivity contribution in [2.45, 2.75) is 27.3 Å². The minimum absolute atomic E-state index is 0.0739. The third-order valence-corrected chi connectivity index (χ3v) is 3.36. The van der Waals surface area contributed by atoms with Crippen molar-refractivity contribution < 1.29 is 4.74 Å². The maximum Gasteiger partial charge on any atom is 0.125 e. The quantitative estimate of drug-likeness (QED) is 0.843. The molecule has 0 fully saturated rings. The Morgan fingerprint density at radius 3 is 2.62 bits per heavy atom. The summed E-state index contributed by atoms with van der Waals surface area (Å²) in [6, 6.07) is 12.4. The van der Waals surface area contributed by atoms with Gasteiger partial charge in [0.05, 0.1) is 6.61 Å². The van der Waals surface area contributed by atoms with Gasteiger partial charge in [0.25, 0.3) is 0 Å². The first-order chi connectivity index (χ1) is 10.1. The molecule has 1 aromatic heterocycles. The summed E-state index contributed by atoms with van der Waals surface area (Å²) in [5.41, 5.74) is 2.45. The maximum absolute atomic E-state index is 5.92. The molecule has 0 aliphatic rings. The highest BCUT2D eigenvalue weighted by Crippen LogP contribution is 2.20. The third kappa shape index (κ3) is 5.20. The Kier molecular flexibility index (Phi) is 5.34. The van der Waals surface area contributed by atoms with Crippen LogP contribution >= 0.6 is 0 Å². The molecule has 1 N–H and O–H groups in total. The highest BCUT2D eigenvalue weighted by molar-refractivity contribution is 5.28. The van der Waals surface area contributed by atoms with E-state index in [1.165, 1.54) is 5.56 Å². The van der Waals surface area contributed by atoms with Gasteiger partial charge in [-0.2, -0.15) is 0 Å². The van der Waals surface area contributed by atoms with Gasteiger partial charge in [-0.05, 0) is 18.6 Å². The fraction of sp³-hybridized carbons (Fsp3) is 0.389. The monoisotopic (exact) mass is 284 g/mol. The molecular weight excluding hydrogens is 260 g/mol. The van der Waals surface area contributed by atoms with Crippen LogP contribution in [-0.2, 0) is 6.54 Å². The average Bonchev–Trinajstić information content (AvgIpc) is 2.47. The number of aryl methyl sites for hydroxylation is 1. The second-order valence-electron chi connectivity index (χ2n) is 6.18. The molecule has 112 valence electrons. The predicted molar refractivity (Wildman–Crippen MR) is 86.4 cm³/mol. The standard InChI is InChI=1S/C18H24N2O/c1-15-11-19-10-9-17(15)21-14-18(2,3)13-20-12-16-7-5-4-6-8-16/h4-11,20H,12-14H2,1-3H3. The minimum Gasteiger partial charge on any atom is -0.493 e. The molecule has 0 saturated heterocycles. The van der Waals surface area contributed by atoms with Crippen molar-refractivity contribution in [1.29, 1.82) is 0 Å². The second-order valence-corrected chi connectivity index (χ2v) is 6.18. The van der Waals surface area contributed by atoms with Gasteiger partial charge in [0.2, 0.25) is 0 Å². The molecule has 0 atom stereocenters. The molecule has 0 saturated carbocycles. The molecule has 21 heavy (non-hydrogen) atoms. The SMILES string of the molecule is Cc1cnccc1OCC(C)(C)CNCc1ccccc1. The van der Waals surface area contributed by atoms with Crippen LogP contribution < -0.4 is 10.1 Å².